The normalized spacial score (nSPS) is 10.9. The zero-order valence-corrected chi connectivity index (χ0v) is 12.5. The highest BCUT2D eigenvalue weighted by atomic mass is 79.9. The minimum absolute atomic E-state index is 0.0679. The third-order valence-corrected chi connectivity index (χ3v) is 3.43. The van der Waals surface area contributed by atoms with Gasteiger partial charge < -0.3 is 9.94 Å². The van der Waals surface area contributed by atoms with Crippen LogP contribution in [0.5, 0.6) is 5.75 Å². The average Bonchev–Trinajstić information content (AvgIpc) is 2.40. The molecule has 0 amide bonds. The van der Waals surface area contributed by atoms with E-state index in [4.69, 9.17) is 21.5 Å². The summed E-state index contributed by atoms with van der Waals surface area (Å²) in [5, 5.41) is 11.8. The fourth-order valence-corrected chi connectivity index (χ4v) is 2.61. The van der Waals surface area contributed by atoms with Crippen LogP contribution < -0.4 is 4.74 Å². The molecule has 2 aromatic carbocycles. The molecule has 2 aromatic rings. The van der Waals surface area contributed by atoms with Crippen LogP contribution in [0.15, 0.2) is 46.0 Å². The zero-order valence-electron chi connectivity index (χ0n) is 10.2. The van der Waals surface area contributed by atoms with Gasteiger partial charge in [0.25, 0.3) is 0 Å². The summed E-state index contributed by atoms with van der Waals surface area (Å²) in [6.07, 6.45) is 1.25. The van der Waals surface area contributed by atoms with Gasteiger partial charge in [-0.2, -0.15) is 0 Å². The van der Waals surface area contributed by atoms with Crippen LogP contribution in [0.3, 0.4) is 0 Å². The van der Waals surface area contributed by atoms with Crippen LogP contribution in [0.2, 0.25) is 5.02 Å². The monoisotopic (exact) mass is 357 g/mol. The Morgan fingerprint density at radius 1 is 1.35 bits per heavy atom. The summed E-state index contributed by atoms with van der Waals surface area (Å²) in [6.45, 7) is 0.0679. The molecule has 6 heteroatoms. The van der Waals surface area contributed by atoms with E-state index in [0.29, 0.717) is 26.4 Å². The first-order chi connectivity index (χ1) is 9.61. The SMILES string of the molecule is O/N=C\c1cc(Cl)c(OCc2ccccc2F)c(Br)c1. The van der Waals surface area contributed by atoms with Crippen molar-refractivity contribution in [2.24, 2.45) is 5.16 Å². The molecule has 0 aliphatic carbocycles. The lowest BCUT2D eigenvalue weighted by molar-refractivity contribution is 0.298. The topological polar surface area (TPSA) is 41.8 Å². The molecular weight excluding hydrogens is 349 g/mol. The van der Waals surface area contributed by atoms with Gasteiger partial charge in [0.15, 0.2) is 5.75 Å². The lowest BCUT2D eigenvalue weighted by Crippen LogP contribution is -2.00. The molecule has 0 saturated carbocycles. The third kappa shape index (κ3) is 3.49. The van der Waals surface area contributed by atoms with Gasteiger partial charge >= 0.3 is 0 Å². The Morgan fingerprint density at radius 3 is 2.75 bits per heavy atom. The summed E-state index contributed by atoms with van der Waals surface area (Å²) in [5.74, 6) is 0.0776. The van der Waals surface area contributed by atoms with Crippen LogP contribution in [-0.2, 0) is 6.61 Å². The Kier molecular flexibility index (Phi) is 4.98. The van der Waals surface area contributed by atoms with Gasteiger partial charge in [0, 0.05) is 5.56 Å². The van der Waals surface area contributed by atoms with Crippen molar-refractivity contribution >= 4 is 33.7 Å². The van der Waals surface area contributed by atoms with Crippen LogP contribution in [0.1, 0.15) is 11.1 Å². The first kappa shape index (κ1) is 14.8. The average molecular weight is 359 g/mol. The second kappa shape index (κ2) is 6.72. The summed E-state index contributed by atoms with van der Waals surface area (Å²) in [7, 11) is 0. The standard InChI is InChI=1S/C14H10BrClFNO2/c15-11-5-9(7-18-19)6-12(16)14(11)20-8-10-3-1-2-4-13(10)17/h1-7,19H,8H2/b18-7-. The number of oxime groups is 1. The second-order valence-electron chi connectivity index (χ2n) is 3.94. The van der Waals surface area contributed by atoms with Gasteiger partial charge in [-0.1, -0.05) is 35.0 Å². The number of hydrogen-bond donors (Lipinski definition) is 1. The summed E-state index contributed by atoms with van der Waals surface area (Å²) in [4.78, 5) is 0. The molecule has 104 valence electrons. The molecule has 0 bridgehead atoms. The van der Waals surface area contributed by atoms with E-state index in [-0.39, 0.29) is 12.4 Å². The van der Waals surface area contributed by atoms with Gasteiger partial charge in [0.05, 0.1) is 15.7 Å². The van der Waals surface area contributed by atoms with Crippen molar-refractivity contribution < 1.29 is 14.3 Å². The number of benzene rings is 2. The van der Waals surface area contributed by atoms with Crippen molar-refractivity contribution in [3.63, 3.8) is 0 Å². The molecule has 1 N–H and O–H groups in total. The van der Waals surface area contributed by atoms with Crippen LogP contribution in [0.4, 0.5) is 4.39 Å². The molecule has 2 rings (SSSR count). The molecule has 0 unspecified atom stereocenters. The number of ether oxygens (including phenoxy) is 1. The molecule has 20 heavy (non-hydrogen) atoms. The van der Waals surface area contributed by atoms with Crippen LogP contribution in [0, 0.1) is 5.82 Å². The largest absolute Gasteiger partial charge is 0.486 e. The molecule has 0 atom stereocenters. The van der Waals surface area contributed by atoms with E-state index >= 15 is 0 Å². The van der Waals surface area contributed by atoms with Crippen molar-refractivity contribution in [2.45, 2.75) is 6.61 Å². The maximum absolute atomic E-state index is 13.5. The predicted molar refractivity (Wildman–Crippen MR) is 79.3 cm³/mol. The highest BCUT2D eigenvalue weighted by Crippen LogP contribution is 2.34. The minimum atomic E-state index is -0.330. The first-order valence-electron chi connectivity index (χ1n) is 5.64. The quantitative estimate of drug-likeness (QED) is 0.492. The molecule has 0 fully saturated rings. The van der Waals surface area contributed by atoms with Crippen molar-refractivity contribution in [1.82, 2.24) is 0 Å². The van der Waals surface area contributed by atoms with Crippen LogP contribution in [0.25, 0.3) is 0 Å². The maximum Gasteiger partial charge on any atom is 0.152 e. The van der Waals surface area contributed by atoms with Gasteiger partial charge in [0.1, 0.15) is 12.4 Å². The Bertz CT molecular complexity index is 626. The van der Waals surface area contributed by atoms with Gasteiger partial charge in [0.2, 0.25) is 0 Å². The van der Waals surface area contributed by atoms with Crippen LogP contribution in [-0.4, -0.2) is 11.4 Å². The van der Waals surface area contributed by atoms with Gasteiger partial charge in [-0.3, -0.25) is 0 Å². The molecule has 0 aliphatic heterocycles. The second-order valence-corrected chi connectivity index (χ2v) is 5.20. The number of halogens is 3. The number of rotatable bonds is 4. The molecule has 3 nitrogen and oxygen atoms in total. The van der Waals surface area contributed by atoms with E-state index in [1.807, 2.05) is 0 Å². The zero-order chi connectivity index (χ0) is 14.5. The molecule has 0 heterocycles. The fraction of sp³-hybridized carbons (Fsp3) is 0.0714. The molecular formula is C14H10BrClFNO2. The minimum Gasteiger partial charge on any atom is -0.486 e. The summed E-state index contributed by atoms with van der Waals surface area (Å²) < 4.78 is 19.6. The summed E-state index contributed by atoms with van der Waals surface area (Å²) >= 11 is 9.40. The van der Waals surface area contributed by atoms with Gasteiger partial charge in [-0.05, 0) is 39.7 Å². The molecule has 0 radical (unpaired) electrons. The Morgan fingerprint density at radius 2 is 2.10 bits per heavy atom. The lowest BCUT2D eigenvalue weighted by atomic mass is 10.2. The molecule has 0 spiro atoms. The summed E-state index contributed by atoms with van der Waals surface area (Å²) in [5.41, 5.74) is 1.05. The van der Waals surface area contributed by atoms with Crippen molar-refractivity contribution in [3.05, 3.63) is 62.8 Å². The van der Waals surface area contributed by atoms with Gasteiger partial charge in [-0.15, -0.1) is 0 Å². The molecule has 0 aliphatic rings. The fourth-order valence-electron chi connectivity index (χ4n) is 1.62. The Hall–Kier alpha value is -1.59. The van der Waals surface area contributed by atoms with E-state index in [9.17, 15) is 4.39 Å². The lowest BCUT2D eigenvalue weighted by Gasteiger charge is -2.11. The van der Waals surface area contributed by atoms with Crippen molar-refractivity contribution in [2.75, 3.05) is 0 Å². The number of hydrogen-bond acceptors (Lipinski definition) is 3. The third-order valence-electron chi connectivity index (χ3n) is 2.56. The van der Waals surface area contributed by atoms with Crippen molar-refractivity contribution in [1.29, 1.82) is 0 Å². The predicted octanol–water partition coefficient (Wildman–Crippen LogP) is 4.63. The van der Waals surface area contributed by atoms with E-state index in [2.05, 4.69) is 21.1 Å². The number of nitrogens with zero attached hydrogens (tertiary/aromatic N) is 1. The van der Waals surface area contributed by atoms with Crippen LogP contribution >= 0.6 is 27.5 Å². The van der Waals surface area contributed by atoms with E-state index in [0.717, 1.165) is 0 Å². The molecule has 0 aromatic heterocycles. The Balaban J connectivity index is 2.20. The van der Waals surface area contributed by atoms with E-state index in [1.54, 1.807) is 30.3 Å². The van der Waals surface area contributed by atoms with Gasteiger partial charge in [-0.25, -0.2) is 4.39 Å². The highest BCUT2D eigenvalue weighted by molar-refractivity contribution is 9.10. The van der Waals surface area contributed by atoms with Crippen molar-refractivity contribution in [3.8, 4) is 5.75 Å². The summed E-state index contributed by atoms with van der Waals surface area (Å²) in [6, 6.07) is 9.63. The van der Waals surface area contributed by atoms with E-state index < -0.39 is 0 Å². The molecule has 0 saturated heterocycles. The smallest absolute Gasteiger partial charge is 0.152 e. The first-order valence-corrected chi connectivity index (χ1v) is 6.81. The Labute approximate surface area is 128 Å². The maximum atomic E-state index is 13.5. The van der Waals surface area contributed by atoms with E-state index in [1.165, 1.54) is 12.3 Å². The highest BCUT2D eigenvalue weighted by Gasteiger charge is 2.10.